The molecule has 0 bridgehead atoms. The lowest BCUT2D eigenvalue weighted by Gasteiger charge is -2.19. The van der Waals surface area contributed by atoms with Crippen LogP contribution in [0.1, 0.15) is 29.7 Å². The Bertz CT molecular complexity index is 1150. The number of halogens is 1. The lowest BCUT2D eigenvalue weighted by molar-refractivity contribution is 0.393. The van der Waals surface area contributed by atoms with Crippen LogP contribution in [0.15, 0.2) is 69.6 Å². The fraction of sp³-hybridized carbons (Fsp3) is 0.143. The minimum absolute atomic E-state index is 0.0319. The molecule has 1 aromatic heterocycles. The molecule has 2 aromatic carbocycles. The Hall–Kier alpha value is -3.79. The molecule has 0 radical (unpaired) electrons. The zero-order chi connectivity index (χ0) is 20.3. The summed E-state index contributed by atoms with van der Waals surface area (Å²) in [5.41, 5.74) is 0.0949. The van der Waals surface area contributed by atoms with Gasteiger partial charge in [-0.3, -0.25) is 9.36 Å². The summed E-state index contributed by atoms with van der Waals surface area (Å²) in [5, 5.41) is 27.7. The molecule has 1 heterocycles. The van der Waals surface area contributed by atoms with E-state index in [0.29, 0.717) is 0 Å². The first kappa shape index (κ1) is 19.0. The van der Waals surface area contributed by atoms with E-state index in [1.165, 1.54) is 25.1 Å². The Balaban J connectivity index is 2.20. The molecule has 0 spiro atoms. The molecule has 0 fully saturated rings. The Kier molecular flexibility index (Phi) is 5.32. The van der Waals surface area contributed by atoms with Crippen molar-refractivity contribution in [2.45, 2.75) is 19.9 Å². The molecular weight excluding hydrogens is 359 g/mol. The lowest BCUT2D eigenvalue weighted by Crippen LogP contribution is -2.25. The van der Waals surface area contributed by atoms with Gasteiger partial charge in [0, 0.05) is 5.56 Å². The number of aromatic nitrogens is 1. The highest BCUT2D eigenvalue weighted by Crippen LogP contribution is 2.31. The predicted octanol–water partition coefficient (Wildman–Crippen LogP) is 4.90. The van der Waals surface area contributed by atoms with Crippen molar-refractivity contribution < 1.29 is 9.50 Å². The van der Waals surface area contributed by atoms with Crippen LogP contribution in [0.4, 0.5) is 15.8 Å². The van der Waals surface area contributed by atoms with Gasteiger partial charge in [0.2, 0.25) is 5.88 Å². The molecule has 28 heavy (non-hydrogen) atoms. The maximum absolute atomic E-state index is 13.8. The molecule has 0 aliphatic carbocycles. The predicted molar refractivity (Wildman–Crippen MR) is 103 cm³/mol. The van der Waals surface area contributed by atoms with Gasteiger partial charge in [-0.15, -0.1) is 10.2 Å². The summed E-state index contributed by atoms with van der Waals surface area (Å²) in [4.78, 5) is 13.0. The van der Waals surface area contributed by atoms with E-state index in [-0.39, 0.29) is 22.5 Å². The van der Waals surface area contributed by atoms with Crippen LogP contribution in [0.2, 0.25) is 0 Å². The standard InChI is InChI=1S/C21H17FN4O2/c1-13-16(12-23)20(27)26(14(2)15-8-4-3-5-9-15)21(28)19(13)25-24-18-11-7-6-10-17(18)22/h3-11,14,27H,1-2H3. The van der Waals surface area contributed by atoms with E-state index in [4.69, 9.17) is 0 Å². The second-order valence-corrected chi connectivity index (χ2v) is 6.20. The molecule has 3 rings (SSSR count). The van der Waals surface area contributed by atoms with Gasteiger partial charge < -0.3 is 5.11 Å². The number of pyridine rings is 1. The normalized spacial score (nSPS) is 12.1. The third-order valence-corrected chi connectivity index (χ3v) is 4.49. The van der Waals surface area contributed by atoms with Crippen LogP contribution >= 0.6 is 0 Å². The van der Waals surface area contributed by atoms with Crippen molar-refractivity contribution in [2.75, 3.05) is 0 Å². The molecule has 0 aliphatic heterocycles. The lowest BCUT2D eigenvalue weighted by atomic mass is 10.1. The van der Waals surface area contributed by atoms with E-state index in [0.717, 1.165) is 10.1 Å². The average molecular weight is 376 g/mol. The van der Waals surface area contributed by atoms with Gasteiger partial charge in [0.05, 0.1) is 6.04 Å². The van der Waals surface area contributed by atoms with Gasteiger partial charge in [-0.25, -0.2) is 4.39 Å². The van der Waals surface area contributed by atoms with Crippen LogP contribution in [0.25, 0.3) is 0 Å². The Morgan fingerprint density at radius 2 is 1.75 bits per heavy atom. The van der Waals surface area contributed by atoms with E-state index in [1.54, 1.807) is 13.0 Å². The second kappa shape index (κ2) is 7.84. The summed E-state index contributed by atoms with van der Waals surface area (Å²) >= 11 is 0. The molecule has 0 amide bonds. The van der Waals surface area contributed by atoms with Crippen LogP contribution in [-0.2, 0) is 0 Å². The number of aromatic hydroxyl groups is 1. The first-order chi connectivity index (χ1) is 13.5. The van der Waals surface area contributed by atoms with Gasteiger partial charge in [-0.05, 0) is 31.5 Å². The topological polar surface area (TPSA) is 90.7 Å². The first-order valence-electron chi connectivity index (χ1n) is 8.55. The smallest absolute Gasteiger partial charge is 0.282 e. The van der Waals surface area contributed by atoms with E-state index in [1.807, 2.05) is 36.4 Å². The maximum atomic E-state index is 13.8. The van der Waals surface area contributed by atoms with Crippen molar-refractivity contribution >= 4 is 11.4 Å². The van der Waals surface area contributed by atoms with Crippen molar-refractivity contribution in [1.82, 2.24) is 4.57 Å². The summed E-state index contributed by atoms with van der Waals surface area (Å²) in [6.07, 6.45) is 0. The number of hydrogen-bond acceptors (Lipinski definition) is 5. The highest BCUT2D eigenvalue weighted by atomic mass is 19.1. The fourth-order valence-electron chi connectivity index (χ4n) is 2.91. The molecule has 7 heteroatoms. The van der Waals surface area contributed by atoms with Gasteiger partial charge in [0.15, 0.2) is 11.5 Å². The van der Waals surface area contributed by atoms with Crippen molar-refractivity contribution in [3.05, 3.63) is 87.5 Å². The van der Waals surface area contributed by atoms with Crippen LogP contribution in [0.5, 0.6) is 5.88 Å². The maximum Gasteiger partial charge on any atom is 0.282 e. The number of azo groups is 1. The zero-order valence-corrected chi connectivity index (χ0v) is 15.3. The summed E-state index contributed by atoms with van der Waals surface area (Å²) < 4.78 is 14.9. The van der Waals surface area contributed by atoms with Gasteiger partial charge >= 0.3 is 0 Å². The molecule has 3 aromatic rings. The van der Waals surface area contributed by atoms with Crippen LogP contribution < -0.4 is 5.56 Å². The number of nitriles is 1. The summed E-state index contributed by atoms with van der Waals surface area (Å²) in [6, 6.07) is 16.2. The monoisotopic (exact) mass is 376 g/mol. The second-order valence-electron chi connectivity index (χ2n) is 6.20. The van der Waals surface area contributed by atoms with Crippen LogP contribution in [0.3, 0.4) is 0 Å². The van der Waals surface area contributed by atoms with E-state index in [2.05, 4.69) is 10.2 Å². The molecule has 1 unspecified atom stereocenters. The highest BCUT2D eigenvalue weighted by Gasteiger charge is 2.23. The van der Waals surface area contributed by atoms with E-state index < -0.39 is 23.3 Å². The minimum atomic E-state index is -0.620. The molecule has 1 N–H and O–H groups in total. The number of nitrogens with zero attached hydrogens (tertiary/aromatic N) is 4. The molecule has 0 saturated carbocycles. The van der Waals surface area contributed by atoms with Gasteiger partial charge in [0.1, 0.15) is 17.3 Å². The van der Waals surface area contributed by atoms with E-state index >= 15 is 0 Å². The molecule has 0 aliphatic rings. The minimum Gasteiger partial charge on any atom is -0.493 e. The number of rotatable bonds is 4. The Morgan fingerprint density at radius 1 is 1.11 bits per heavy atom. The zero-order valence-electron chi connectivity index (χ0n) is 15.3. The molecule has 1 atom stereocenters. The summed E-state index contributed by atoms with van der Waals surface area (Å²) in [6.45, 7) is 3.22. The highest BCUT2D eigenvalue weighted by molar-refractivity contribution is 5.57. The van der Waals surface area contributed by atoms with Gasteiger partial charge in [-0.2, -0.15) is 5.26 Å². The fourth-order valence-corrected chi connectivity index (χ4v) is 2.91. The van der Waals surface area contributed by atoms with Gasteiger partial charge in [0.25, 0.3) is 5.56 Å². The third kappa shape index (κ3) is 3.40. The van der Waals surface area contributed by atoms with Crippen molar-refractivity contribution in [1.29, 1.82) is 5.26 Å². The largest absolute Gasteiger partial charge is 0.493 e. The summed E-state index contributed by atoms with van der Waals surface area (Å²) in [5.74, 6) is -1.02. The van der Waals surface area contributed by atoms with Crippen LogP contribution in [-0.4, -0.2) is 9.67 Å². The Morgan fingerprint density at radius 3 is 2.39 bits per heavy atom. The molecule has 0 saturated heterocycles. The number of hydrogen-bond donors (Lipinski definition) is 1. The first-order valence-corrected chi connectivity index (χ1v) is 8.55. The molecule has 140 valence electrons. The summed E-state index contributed by atoms with van der Waals surface area (Å²) in [7, 11) is 0. The Labute approximate surface area is 160 Å². The number of benzene rings is 2. The van der Waals surface area contributed by atoms with E-state index in [9.17, 15) is 19.6 Å². The average Bonchev–Trinajstić information content (AvgIpc) is 2.70. The third-order valence-electron chi connectivity index (χ3n) is 4.49. The van der Waals surface area contributed by atoms with Crippen molar-refractivity contribution in [3.63, 3.8) is 0 Å². The molecular formula is C21H17FN4O2. The van der Waals surface area contributed by atoms with Crippen LogP contribution in [0, 0.1) is 24.1 Å². The van der Waals surface area contributed by atoms with Crippen molar-refractivity contribution in [3.8, 4) is 11.9 Å². The molecule has 6 nitrogen and oxygen atoms in total. The van der Waals surface area contributed by atoms with Crippen molar-refractivity contribution in [2.24, 2.45) is 10.2 Å². The SMILES string of the molecule is Cc1c(C#N)c(O)n(C(C)c2ccccc2)c(=O)c1N=Nc1ccccc1F. The quantitative estimate of drug-likeness (QED) is 0.657. The van der Waals surface area contributed by atoms with Gasteiger partial charge in [-0.1, -0.05) is 42.5 Å².